The Bertz CT molecular complexity index is 349. The van der Waals surface area contributed by atoms with Gasteiger partial charge in [-0.15, -0.1) is 0 Å². The molecule has 0 aromatic heterocycles. The number of quaternary nitrogens is 1. The highest BCUT2D eigenvalue weighted by Crippen LogP contribution is 2.16. The lowest BCUT2D eigenvalue weighted by molar-refractivity contribution is -0.840. The monoisotopic (exact) mass is 468 g/mol. The third-order valence-electron chi connectivity index (χ3n) is 7.30. The highest BCUT2D eigenvalue weighted by Gasteiger charge is 2.01. The van der Waals surface area contributed by atoms with Crippen LogP contribution in [0.5, 0.6) is 0 Å². The molecule has 0 bridgehead atoms. The Morgan fingerprint density at radius 1 is 0.333 bits per heavy atom. The maximum atomic E-state index is 11.5. The largest absolute Gasteiger partial charge is 0.633 e. The molecule has 33 heavy (non-hydrogen) atoms. The molecule has 0 aliphatic carbocycles. The number of unbranched alkanes of at least 4 members (excludes halogenated alkanes) is 26. The molecule has 0 aliphatic rings. The van der Waals surface area contributed by atoms with E-state index in [1.807, 2.05) is 0 Å². The molecule has 0 unspecified atom stereocenters. The summed E-state index contributed by atoms with van der Waals surface area (Å²) in [5, 5.41) is 11.5. The van der Waals surface area contributed by atoms with Gasteiger partial charge in [-0.3, -0.25) is 0 Å². The fourth-order valence-corrected chi connectivity index (χ4v) is 4.99. The first-order valence-electron chi connectivity index (χ1n) is 15.6. The molecule has 0 aliphatic heterocycles. The second kappa shape index (κ2) is 26.5. The van der Waals surface area contributed by atoms with E-state index in [0.29, 0.717) is 0 Å². The second-order valence-corrected chi connectivity index (χ2v) is 11.5. The molecule has 0 radical (unpaired) electrons. The van der Waals surface area contributed by atoms with Gasteiger partial charge in [-0.2, -0.15) is 0 Å². The van der Waals surface area contributed by atoms with Crippen molar-refractivity contribution in [3.8, 4) is 0 Å². The van der Waals surface area contributed by atoms with E-state index in [4.69, 9.17) is 0 Å². The van der Waals surface area contributed by atoms with Gasteiger partial charge in [0.2, 0.25) is 0 Å². The molecule has 0 spiro atoms. The van der Waals surface area contributed by atoms with Crippen LogP contribution in [0.4, 0.5) is 0 Å². The molecule has 200 valence electrons. The summed E-state index contributed by atoms with van der Waals surface area (Å²) >= 11 is 0. The molecule has 2 nitrogen and oxygen atoms in total. The van der Waals surface area contributed by atoms with Gasteiger partial charge in [0.1, 0.15) is 0 Å². The fourth-order valence-electron chi connectivity index (χ4n) is 4.99. The van der Waals surface area contributed by atoms with Crippen molar-refractivity contribution in [1.29, 1.82) is 0 Å². The average molecular weight is 468 g/mol. The van der Waals surface area contributed by atoms with E-state index in [0.717, 1.165) is 13.0 Å². The molecule has 0 N–H and O–H groups in total. The van der Waals surface area contributed by atoms with E-state index in [-0.39, 0.29) is 4.65 Å². The molecule has 0 heterocycles. The molecular formula is C31H65NO. The summed E-state index contributed by atoms with van der Waals surface area (Å²) in [7, 11) is 3.50. The van der Waals surface area contributed by atoms with E-state index in [1.165, 1.54) is 167 Å². The smallest absolute Gasteiger partial charge is 0.0779 e. The number of nitrogens with zero attached hydrogens (tertiary/aromatic N) is 1. The molecular weight excluding hydrogens is 402 g/mol. The Kier molecular flexibility index (Phi) is 26.5. The van der Waals surface area contributed by atoms with Crippen molar-refractivity contribution in [2.45, 2.75) is 180 Å². The predicted molar refractivity (Wildman–Crippen MR) is 151 cm³/mol. The van der Waals surface area contributed by atoms with Crippen LogP contribution in [0.25, 0.3) is 0 Å². The second-order valence-electron chi connectivity index (χ2n) is 11.5. The molecule has 0 amide bonds. The maximum Gasteiger partial charge on any atom is 0.0779 e. The van der Waals surface area contributed by atoms with Crippen LogP contribution in [0.1, 0.15) is 180 Å². The topological polar surface area (TPSA) is 23.1 Å². The first kappa shape index (κ1) is 32.9. The van der Waals surface area contributed by atoms with E-state index >= 15 is 0 Å². The first-order chi connectivity index (χ1) is 16.1. The van der Waals surface area contributed by atoms with E-state index in [9.17, 15) is 5.21 Å². The standard InChI is InChI=1S/C31H65NO/c1-4-5-6-7-8-9-10-11-12-13-14-15-16-17-18-19-20-21-22-23-24-25-26-27-28-29-30-31-32(2,3)33/h4-31H2,1-3H3. The molecule has 0 rings (SSSR count). The lowest BCUT2D eigenvalue weighted by Gasteiger charge is -2.33. The molecule has 0 atom stereocenters. The summed E-state index contributed by atoms with van der Waals surface area (Å²) in [6.45, 7) is 3.08. The van der Waals surface area contributed by atoms with Crippen molar-refractivity contribution in [3.63, 3.8) is 0 Å². The SMILES string of the molecule is CCCCCCCCCCCCCCCCCCCCCCCCCCCCC[N+](C)(C)[O-]. The maximum absolute atomic E-state index is 11.5. The van der Waals surface area contributed by atoms with Crippen LogP contribution in [0.3, 0.4) is 0 Å². The quantitative estimate of drug-likeness (QED) is 0.0637. The minimum atomic E-state index is -0.126. The zero-order valence-corrected chi connectivity index (χ0v) is 23.7. The first-order valence-corrected chi connectivity index (χ1v) is 15.6. The zero-order chi connectivity index (χ0) is 24.3. The zero-order valence-electron chi connectivity index (χ0n) is 23.7. The van der Waals surface area contributed by atoms with Gasteiger partial charge < -0.3 is 9.85 Å². The van der Waals surface area contributed by atoms with Crippen LogP contribution in [0.2, 0.25) is 0 Å². The van der Waals surface area contributed by atoms with Crippen LogP contribution < -0.4 is 0 Å². The molecule has 0 aromatic rings. The summed E-state index contributed by atoms with van der Waals surface area (Å²) in [5.74, 6) is 0. The van der Waals surface area contributed by atoms with Crippen LogP contribution in [0.15, 0.2) is 0 Å². The highest BCUT2D eigenvalue weighted by atomic mass is 16.5. The lowest BCUT2D eigenvalue weighted by atomic mass is 10.0. The van der Waals surface area contributed by atoms with Gasteiger partial charge in [0.15, 0.2) is 0 Å². The Labute approximate surface area is 210 Å². The Balaban J connectivity index is 3.03. The van der Waals surface area contributed by atoms with Crippen LogP contribution >= 0.6 is 0 Å². The molecule has 0 fully saturated rings. The van der Waals surface area contributed by atoms with Crippen molar-refractivity contribution >= 4 is 0 Å². The number of hydroxylamine groups is 3. The fraction of sp³-hybridized carbons (Fsp3) is 1.00. The van der Waals surface area contributed by atoms with E-state index in [1.54, 1.807) is 14.1 Å². The van der Waals surface area contributed by atoms with E-state index < -0.39 is 0 Å². The van der Waals surface area contributed by atoms with Crippen molar-refractivity contribution in [1.82, 2.24) is 0 Å². The van der Waals surface area contributed by atoms with Gasteiger partial charge in [0.25, 0.3) is 0 Å². The van der Waals surface area contributed by atoms with Crippen LogP contribution in [-0.2, 0) is 0 Å². The molecule has 0 aromatic carbocycles. The number of hydrogen-bond acceptors (Lipinski definition) is 1. The minimum absolute atomic E-state index is 0.126. The van der Waals surface area contributed by atoms with Crippen molar-refractivity contribution in [2.24, 2.45) is 0 Å². The Hall–Kier alpha value is -0.0800. The van der Waals surface area contributed by atoms with Gasteiger partial charge >= 0.3 is 0 Å². The summed E-state index contributed by atoms with van der Waals surface area (Å²) in [5.41, 5.74) is 0. The number of hydrogen-bond donors (Lipinski definition) is 0. The third-order valence-corrected chi connectivity index (χ3v) is 7.30. The van der Waals surface area contributed by atoms with Gasteiger partial charge in [0, 0.05) is 0 Å². The summed E-state index contributed by atoms with van der Waals surface area (Å²) in [4.78, 5) is 0. The normalized spacial score (nSPS) is 12.0. The summed E-state index contributed by atoms with van der Waals surface area (Å²) in [6, 6.07) is 0. The lowest BCUT2D eigenvalue weighted by Crippen LogP contribution is -2.32. The van der Waals surface area contributed by atoms with Gasteiger partial charge in [-0.05, 0) is 12.8 Å². The molecule has 0 saturated carbocycles. The van der Waals surface area contributed by atoms with Gasteiger partial charge in [-0.1, -0.05) is 167 Å². The van der Waals surface area contributed by atoms with Gasteiger partial charge in [0.05, 0.1) is 20.6 Å². The van der Waals surface area contributed by atoms with E-state index in [2.05, 4.69) is 6.92 Å². The molecule has 2 heteroatoms. The highest BCUT2D eigenvalue weighted by molar-refractivity contribution is 4.52. The Morgan fingerprint density at radius 3 is 0.697 bits per heavy atom. The van der Waals surface area contributed by atoms with Crippen molar-refractivity contribution < 1.29 is 4.65 Å². The molecule has 0 saturated heterocycles. The van der Waals surface area contributed by atoms with Gasteiger partial charge in [-0.25, -0.2) is 0 Å². The van der Waals surface area contributed by atoms with Crippen LogP contribution in [-0.4, -0.2) is 25.3 Å². The average Bonchev–Trinajstić information content (AvgIpc) is 2.78. The summed E-state index contributed by atoms with van der Waals surface area (Å²) < 4.78 is -0.126. The van der Waals surface area contributed by atoms with Crippen molar-refractivity contribution in [3.05, 3.63) is 5.21 Å². The summed E-state index contributed by atoms with van der Waals surface area (Å²) in [6.07, 6.45) is 38.6. The third kappa shape index (κ3) is 31.9. The Morgan fingerprint density at radius 2 is 0.515 bits per heavy atom. The number of rotatable bonds is 28. The van der Waals surface area contributed by atoms with Crippen LogP contribution in [0, 0.1) is 5.21 Å². The van der Waals surface area contributed by atoms with Crippen molar-refractivity contribution in [2.75, 3.05) is 20.6 Å². The minimum Gasteiger partial charge on any atom is -0.633 e. The predicted octanol–water partition coefficient (Wildman–Crippen LogP) is 11.1.